The van der Waals surface area contributed by atoms with E-state index < -0.39 is 12.0 Å². The number of nitrogens with one attached hydrogen (secondary N) is 1. The Morgan fingerprint density at radius 2 is 1.68 bits per heavy atom. The highest BCUT2D eigenvalue weighted by atomic mass is 16.5. The lowest BCUT2D eigenvalue weighted by atomic mass is 9.86. The van der Waals surface area contributed by atoms with E-state index in [-0.39, 0.29) is 11.3 Å². The molecule has 1 N–H and O–H groups in total. The highest BCUT2D eigenvalue weighted by Crippen LogP contribution is 2.22. The van der Waals surface area contributed by atoms with Gasteiger partial charge in [-0.25, -0.2) is 4.79 Å². The number of benzene rings is 1. The number of hydrogen-bond donors (Lipinski definition) is 1. The van der Waals surface area contributed by atoms with E-state index in [1.165, 1.54) is 7.11 Å². The minimum Gasteiger partial charge on any atom is -0.467 e. The van der Waals surface area contributed by atoms with Crippen molar-refractivity contribution < 1.29 is 14.3 Å². The lowest BCUT2D eigenvalue weighted by molar-refractivity contribution is -0.142. The van der Waals surface area contributed by atoms with Crippen LogP contribution >= 0.6 is 0 Å². The molecule has 0 bridgehead atoms. The van der Waals surface area contributed by atoms with Crippen LogP contribution < -0.4 is 5.32 Å². The summed E-state index contributed by atoms with van der Waals surface area (Å²) in [5, 5.41) is 2.59. The maximum absolute atomic E-state index is 11.9. The molecule has 1 aromatic rings. The highest BCUT2D eigenvalue weighted by Gasteiger charge is 2.18. The van der Waals surface area contributed by atoms with Crippen molar-refractivity contribution in [2.45, 2.75) is 39.2 Å². The third kappa shape index (κ3) is 4.09. The van der Waals surface area contributed by atoms with Gasteiger partial charge < -0.3 is 10.1 Å². The molecule has 0 radical (unpaired) electrons. The normalized spacial score (nSPS) is 12.7. The molecule has 1 atom stereocenters. The molecule has 0 fully saturated rings. The van der Waals surface area contributed by atoms with Crippen LogP contribution in [0.15, 0.2) is 24.3 Å². The van der Waals surface area contributed by atoms with Gasteiger partial charge in [0.05, 0.1) is 7.11 Å². The third-order valence-corrected chi connectivity index (χ3v) is 2.92. The van der Waals surface area contributed by atoms with E-state index in [9.17, 15) is 9.59 Å². The smallest absolute Gasteiger partial charge is 0.328 e. The minimum atomic E-state index is -0.653. The number of amides is 1. The van der Waals surface area contributed by atoms with E-state index in [1.807, 2.05) is 12.1 Å². The van der Waals surface area contributed by atoms with E-state index in [0.717, 1.165) is 5.56 Å². The van der Waals surface area contributed by atoms with Gasteiger partial charge in [0.15, 0.2) is 0 Å². The lowest BCUT2D eigenvalue weighted by Gasteiger charge is -2.19. The monoisotopic (exact) mass is 263 g/mol. The van der Waals surface area contributed by atoms with Crippen molar-refractivity contribution in [3.63, 3.8) is 0 Å². The molecule has 104 valence electrons. The second kappa shape index (κ2) is 5.87. The zero-order valence-corrected chi connectivity index (χ0v) is 12.1. The maximum Gasteiger partial charge on any atom is 0.328 e. The summed E-state index contributed by atoms with van der Waals surface area (Å²) in [4.78, 5) is 23.1. The second-order valence-corrected chi connectivity index (χ2v) is 5.55. The zero-order valence-electron chi connectivity index (χ0n) is 12.1. The molecule has 0 saturated heterocycles. The Balaban J connectivity index is 2.76. The first-order valence-electron chi connectivity index (χ1n) is 6.25. The molecule has 0 aromatic heterocycles. The van der Waals surface area contributed by atoms with Crippen molar-refractivity contribution in [2.24, 2.45) is 0 Å². The highest BCUT2D eigenvalue weighted by molar-refractivity contribution is 5.96. The second-order valence-electron chi connectivity index (χ2n) is 5.55. The largest absolute Gasteiger partial charge is 0.467 e. The van der Waals surface area contributed by atoms with E-state index in [1.54, 1.807) is 19.1 Å². The molecule has 19 heavy (non-hydrogen) atoms. The van der Waals surface area contributed by atoms with Crippen LogP contribution in [0.3, 0.4) is 0 Å². The summed E-state index contributed by atoms with van der Waals surface area (Å²) in [6.07, 6.45) is 0. The van der Waals surface area contributed by atoms with Crippen molar-refractivity contribution >= 4 is 11.9 Å². The van der Waals surface area contributed by atoms with Gasteiger partial charge >= 0.3 is 5.97 Å². The average Bonchev–Trinajstić information content (AvgIpc) is 2.36. The minimum absolute atomic E-state index is 0.0499. The first kappa shape index (κ1) is 15.2. The van der Waals surface area contributed by atoms with Crippen LogP contribution in [-0.2, 0) is 14.9 Å². The number of ether oxygens (including phenoxy) is 1. The molecule has 1 unspecified atom stereocenters. The first-order chi connectivity index (χ1) is 8.75. The third-order valence-electron chi connectivity index (χ3n) is 2.92. The molecule has 4 nitrogen and oxygen atoms in total. The summed E-state index contributed by atoms with van der Waals surface area (Å²) >= 11 is 0. The Bertz CT molecular complexity index is 457. The van der Waals surface area contributed by atoms with Crippen LogP contribution in [0, 0.1) is 0 Å². The van der Waals surface area contributed by atoms with Crippen LogP contribution in [0.2, 0.25) is 0 Å². The summed E-state index contributed by atoms with van der Waals surface area (Å²) in [5.74, 6) is -0.738. The number of hydrogen-bond acceptors (Lipinski definition) is 3. The SMILES string of the molecule is COC(=O)C(C)NC(=O)c1ccc(C(C)(C)C)cc1. The fourth-order valence-electron chi connectivity index (χ4n) is 1.64. The van der Waals surface area contributed by atoms with Gasteiger partial charge in [-0.1, -0.05) is 32.9 Å². The van der Waals surface area contributed by atoms with Crippen molar-refractivity contribution in [1.29, 1.82) is 0 Å². The average molecular weight is 263 g/mol. The number of carbonyl (C=O) groups excluding carboxylic acids is 2. The molecule has 0 saturated carbocycles. The van der Waals surface area contributed by atoms with E-state index in [4.69, 9.17) is 0 Å². The predicted octanol–water partition coefficient (Wildman–Crippen LogP) is 2.28. The Labute approximate surface area is 114 Å². The first-order valence-corrected chi connectivity index (χ1v) is 6.25. The number of carbonyl (C=O) groups is 2. The molecule has 0 heterocycles. The quantitative estimate of drug-likeness (QED) is 0.851. The molecule has 1 rings (SSSR count). The van der Waals surface area contributed by atoms with Crippen LogP contribution in [-0.4, -0.2) is 25.0 Å². The molecule has 0 aliphatic heterocycles. The Kier molecular flexibility index (Phi) is 4.70. The van der Waals surface area contributed by atoms with Gasteiger partial charge in [-0.2, -0.15) is 0 Å². The number of methoxy groups -OCH3 is 1. The molecule has 1 aromatic carbocycles. The van der Waals surface area contributed by atoms with E-state index in [0.29, 0.717) is 5.56 Å². The Hall–Kier alpha value is -1.84. The number of rotatable bonds is 3. The zero-order chi connectivity index (χ0) is 14.6. The molecular weight excluding hydrogens is 242 g/mol. The van der Waals surface area contributed by atoms with Crippen LogP contribution in [0.1, 0.15) is 43.6 Å². The summed E-state index contributed by atoms with van der Waals surface area (Å²) < 4.78 is 4.56. The summed E-state index contributed by atoms with van der Waals surface area (Å²) in [6.45, 7) is 7.93. The van der Waals surface area contributed by atoms with Crippen LogP contribution in [0.4, 0.5) is 0 Å². The van der Waals surface area contributed by atoms with Gasteiger partial charge in [-0.3, -0.25) is 4.79 Å². The van der Waals surface area contributed by atoms with Gasteiger partial charge in [-0.15, -0.1) is 0 Å². The fraction of sp³-hybridized carbons (Fsp3) is 0.467. The lowest BCUT2D eigenvalue weighted by Crippen LogP contribution is -2.39. The molecule has 4 heteroatoms. The molecular formula is C15H21NO3. The fourth-order valence-corrected chi connectivity index (χ4v) is 1.64. The maximum atomic E-state index is 11.9. The van der Waals surface area contributed by atoms with Crippen molar-refractivity contribution in [2.75, 3.05) is 7.11 Å². The Morgan fingerprint density at radius 1 is 1.16 bits per heavy atom. The van der Waals surface area contributed by atoms with E-state index >= 15 is 0 Å². The standard InChI is InChI=1S/C15H21NO3/c1-10(14(18)19-5)16-13(17)11-6-8-12(9-7-11)15(2,3)4/h6-10H,1-5H3,(H,16,17). The van der Waals surface area contributed by atoms with Crippen molar-refractivity contribution in [3.8, 4) is 0 Å². The summed E-state index contributed by atoms with van der Waals surface area (Å²) in [7, 11) is 1.29. The molecule has 0 aliphatic rings. The number of esters is 1. The summed E-state index contributed by atoms with van der Waals surface area (Å²) in [5.41, 5.74) is 1.74. The van der Waals surface area contributed by atoms with Crippen LogP contribution in [0.25, 0.3) is 0 Å². The topological polar surface area (TPSA) is 55.4 Å². The van der Waals surface area contributed by atoms with Crippen molar-refractivity contribution in [1.82, 2.24) is 5.32 Å². The predicted molar refractivity (Wildman–Crippen MR) is 74.1 cm³/mol. The molecule has 1 amide bonds. The molecule has 0 spiro atoms. The van der Waals surface area contributed by atoms with Gasteiger partial charge in [0, 0.05) is 5.56 Å². The molecule has 0 aliphatic carbocycles. The van der Waals surface area contributed by atoms with Gasteiger partial charge in [0.1, 0.15) is 6.04 Å². The van der Waals surface area contributed by atoms with Gasteiger partial charge in [0.2, 0.25) is 0 Å². The van der Waals surface area contributed by atoms with Crippen LogP contribution in [0.5, 0.6) is 0 Å². The van der Waals surface area contributed by atoms with Gasteiger partial charge in [0.25, 0.3) is 5.91 Å². The van der Waals surface area contributed by atoms with Gasteiger partial charge in [-0.05, 0) is 30.0 Å². The van der Waals surface area contributed by atoms with E-state index in [2.05, 4.69) is 30.8 Å². The Morgan fingerprint density at radius 3 is 2.11 bits per heavy atom. The van der Waals surface area contributed by atoms with Crippen molar-refractivity contribution in [3.05, 3.63) is 35.4 Å². The summed E-state index contributed by atoms with van der Waals surface area (Å²) in [6, 6.07) is 6.73.